The van der Waals surface area contributed by atoms with Gasteiger partial charge in [-0.15, -0.1) is 0 Å². The zero-order valence-corrected chi connectivity index (χ0v) is 17.2. The zero-order valence-electron chi connectivity index (χ0n) is 17.2. The molecule has 0 aliphatic carbocycles. The predicted molar refractivity (Wildman–Crippen MR) is 115 cm³/mol. The molecule has 1 saturated heterocycles. The molecule has 4 aromatic rings. The third-order valence-corrected chi connectivity index (χ3v) is 5.32. The minimum atomic E-state index is -0.193. The van der Waals surface area contributed by atoms with Crippen molar-refractivity contribution in [3.63, 3.8) is 0 Å². The lowest BCUT2D eigenvalue weighted by atomic mass is 10.1. The molecule has 1 aliphatic heterocycles. The summed E-state index contributed by atoms with van der Waals surface area (Å²) in [5.41, 5.74) is 4.56. The average molecular weight is 418 g/mol. The second kappa shape index (κ2) is 7.80. The van der Waals surface area contributed by atoms with Gasteiger partial charge >= 0.3 is 0 Å². The minimum absolute atomic E-state index is 0.190. The molecule has 4 aromatic heterocycles. The van der Waals surface area contributed by atoms with Crippen LogP contribution >= 0.6 is 0 Å². The summed E-state index contributed by atoms with van der Waals surface area (Å²) in [6.07, 6.45) is 11.6. The minimum Gasteiger partial charge on any atom is -0.379 e. The Morgan fingerprint density at radius 1 is 1.13 bits per heavy atom. The van der Waals surface area contributed by atoms with Gasteiger partial charge in [0, 0.05) is 67.7 Å². The predicted octanol–water partition coefficient (Wildman–Crippen LogP) is 1.75. The standard InChI is InChI=1S/C21H22N8O2/c1-22-21(30)14-5-13(6-23-7-14)17-9-25-29-11-18(15-8-24-28(2)10-15)19(27-20(17)29)26-16-3-4-31-12-16/h5-11,16H,3-4,12H2,1-2H3,(H,22,30)(H,26,27)/t16-/m0/s1. The van der Waals surface area contributed by atoms with Gasteiger partial charge in [0.2, 0.25) is 0 Å². The van der Waals surface area contributed by atoms with Crippen molar-refractivity contribution in [1.82, 2.24) is 34.7 Å². The number of hydrogen-bond donors (Lipinski definition) is 2. The fourth-order valence-corrected chi connectivity index (χ4v) is 3.69. The highest BCUT2D eigenvalue weighted by Crippen LogP contribution is 2.31. The number of fused-ring (bicyclic) bond motifs is 1. The summed E-state index contributed by atoms with van der Waals surface area (Å²) in [4.78, 5) is 21.2. The van der Waals surface area contributed by atoms with E-state index in [1.54, 1.807) is 40.9 Å². The van der Waals surface area contributed by atoms with E-state index in [1.165, 1.54) is 6.20 Å². The van der Waals surface area contributed by atoms with Crippen molar-refractivity contribution >= 4 is 17.4 Å². The van der Waals surface area contributed by atoms with Gasteiger partial charge in [0.1, 0.15) is 5.82 Å². The smallest absolute Gasteiger partial charge is 0.252 e. The van der Waals surface area contributed by atoms with Gasteiger partial charge in [-0.25, -0.2) is 9.50 Å². The summed E-state index contributed by atoms with van der Waals surface area (Å²) in [5, 5.41) is 14.9. The van der Waals surface area contributed by atoms with Crippen LogP contribution < -0.4 is 10.6 Å². The molecule has 10 heteroatoms. The summed E-state index contributed by atoms with van der Waals surface area (Å²) < 4.78 is 9.01. The number of carbonyl (C=O) groups excluding carboxylic acids is 1. The molecule has 1 atom stereocenters. The Bertz CT molecular complexity index is 1260. The number of rotatable bonds is 5. The molecule has 10 nitrogen and oxygen atoms in total. The molecule has 1 aliphatic rings. The molecule has 0 unspecified atom stereocenters. The largest absolute Gasteiger partial charge is 0.379 e. The Morgan fingerprint density at radius 2 is 2.03 bits per heavy atom. The van der Waals surface area contributed by atoms with Crippen LogP contribution in [-0.2, 0) is 11.8 Å². The van der Waals surface area contributed by atoms with Crippen LogP contribution in [0.5, 0.6) is 0 Å². The first-order chi connectivity index (χ1) is 15.1. The Balaban J connectivity index is 1.63. The van der Waals surface area contributed by atoms with E-state index in [-0.39, 0.29) is 11.9 Å². The fraction of sp³-hybridized carbons (Fsp3) is 0.286. The third kappa shape index (κ3) is 3.61. The van der Waals surface area contributed by atoms with E-state index in [4.69, 9.17) is 9.72 Å². The first-order valence-electron chi connectivity index (χ1n) is 10.0. The van der Waals surface area contributed by atoms with Gasteiger partial charge in [0.05, 0.1) is 30.6 Å². The van der Waals surface area contributed by atoms with Crippen molar-refractivity contribution in [2.45, 2.75) is 12.5 Å². The second-order valence-electron chi connectivity index (χ2n) is 7.48. The molecule has 2 N–H and O–H groups in total. The number of aryl methyl sites for hydroxylation is 1. The monoisotopic (exact) mass is 418 g/mol. The molecule has 1 fully saturated rings. The SMILES string of the molecule is CNC(=O)c1cncc(-c2cnn3cc(-c4cnn(C)c4)c(N[C@H]4CCOC4)nc23)c1. The number of aromatic nitrogens is 6. The maximum Gasteiger partial charge on any atom is 0.252 e. The van der Waals surface area contributed by atoms with Crippen molar-refractivity contribution in [2.24, 2.45) is 7.05 Å². The Kier molecular flexibility index (Phi) is 4.83. The number of nitrogens with one attached hydrogen (secondary N) is 2. The maximum absolute atomic E-state index is 12.0. The first kappa shape index (κ1) is 19.2. The van der Waals surface area contributed by atoms with Crippen LogP contribution in [0, 0.1) is 0 Å². The van der Waals surface area contributed by atoms with E-state index in [1.807, 2.05) is 19.4 Å². The molecule has 1 amide bonds. The van der Waals surface area contributed by atoms with Crippen LogP contribution in [0.3, 0.4) is 0 Å². The van der Waals surface area contributed by atoms with E-state index >= 15 is 0 Å². The van der Waals surface area contributed by atoms with Crippen LogP contribution in [-0.4, -0.2) is 61.6 Å². The summed E-state index contributed by atoms with van der Waals surface area (Å²) >= 11 is 0. The maximum atomic E-state index is 12.0. The van der Waals surface area contributed by atoms with Gasteiger partial charge in [0.15, 0.2) is 5.65 Å². The van der Waals surface area contributed by atoms with Crippen molar-refractivity contribution < 1.29 is 9.53 Å². The lowest BCUT2D eigenvalue weighted by molar-refractivity contribution is 0.0962. The number of anilines is 1. The number of amides is 1. The van der Waals surface area contributed by atoms with Crippen LogP contribution in [0.4, 0.5) is 5.82 Å². The molecule has 0 bridgehead atoms. The molecule has 158 valence electrons. The van der Waals surface area contributed by atoms with Gasteiger partial charge < -0.3 is 15.4 Å². The summed E-state index contributed by atoms with van der Waals surface area (Å²) in [6.45, 7) is 1.38. The summed E-state index contributed by atoms with van der Waals surface area (Å²) in [6, 6.07) is 1.98. The average Bonchev–Trinajstić information content (AvgIpc) is 3.54. The Morgan fingerprint density at radius 3 is 2.77 bits per heavy atom. The summed E-state index contributed by atoms with van der Waals surface area (Å²) in [7, 11) is 3.47. The van der Waals surface area contributed by atoms with E-state index in [0.29, 0.717) is 17.8 Å². The van der Waals surface area contributed by atoms with Gasteiger partial charge in [0.25, 0.3) is 5.91 Å². The van der Waals surface area contributed by atoms with E-state index in [0.717, 1.165) is 41.1 Å². The molecular weight excluding hydrogens is 396 g/mol. The molecule has 0 radical (unpaired) electrons. The fourth-order valence-electron chi connectivity index (χ4n) is 3.69. The van der Waals surface area contributed by atoms with E-state index < -0.39 is 0 Å². The van der Waals surface area contributed by atoms with Crippen LogP contribution in [0.25, 0.3) is 27.9 Å². The highest BCUT2D eigenvalue weighted by molar-refractivity contribution is 5.95. The quantitative estimate of drug-likeness (QED) is 0.508. The van der Waals surface area contributed by atoms with Crippen molar-refractivity contribution in [2.75, 3.05) is 25.6 Å². The normalized spacial score (nSPS) is 16.0. The number of hydrogen-bond acceptors (Lipinski definition) is 7. The van der Waals surface area contributed by atoms with Crippen molar-refractivity contribution in [3.05, 3.63) is 48.8 Å². The lowest BCUT2D eigenvalue weighted by Gasteiger charge is -2.15. The highest BCUT2D eigenvalue weighted by Gasteiger charge is 2.21. The highest BCUT2D eigenvalue weighted by atomic mass is 16.5. The third-order valence-electron chi connectivity index (χ3n) is 5.32. The van der Waals surface area contributed by atoms with E-state index in [2.05, 4.69) is 25.8 Å². The second-order valence-corrected chi connectivity index (χ2v) is 7.48. The van der Waals surface area contributed by atoms with Crippen molar-refractivity contribution in [3.8, 4) is 22.3 Å². The molecule has 0 saturated carbocycles. The van der Waals surface area contributed by atoms with Gasteiger partial charge in [-0.3, -0.25) is 14.5 Å². The number of pyridine rings is 1. The summed E-state index contributed by atoms with van der Waals surface area (Å²) in [5.74, 6) is 0.550. The topological polar surface area (TPSA) is 111 Å². The Labute approximate surface area is 178 Å². The number of carbonyl (C=O) groups is 1. The molecule has 5 rings (SSSR count). The van der Waals surface area contributed by atoms with Gasteiger partial charge in [-0.2, -0.15) is 10.2 Å². The van der Waals surface area contributed by atoms with E-state index in [9.17, 15) is 4.79 Å². The van der Waals surface area contributed by atoms with Gasteiger partial charge in [-0.1, -0.05) is 0 Å². The zero-order chi connectivity index (χ0) is 21.4. The Hall–Kier alpha value is -3.79. The molecule has 0 aromatic carbocycles. The van der Waals surface area contributed by atoms with Crippen LogP contribution in [0.1, 0.15) is 16.8 Å². The number of nitrogens with zero attached hydrogens (tertiary/aromatic N) is 6. The van der Waals surface area contributed by atoms with Gasteiger partial charge in [-0.05, 0) is 12.5 Å². The number of ether oxygens (including phenoxy) is 1. The molecule has 0 spiro atoms. The van der Waals surface area contributed by atoms with Crippen LogP contribution in [0.15, 0.2) is 43.2 Å². The molecular formula is C21H22N8O2. The van der Waals surface area contributed by atoms with Crippen LogP contribution in [0.2, 0.25) is 0 Å². The molecule has 31 heavy (non-hydrogen) atoms. The lowest BCUT2D eigenvalue weighted by Crippen LogP contribution is -2.20. The van der Waals surface area contributed by atoms with Crippen molar-refractivity contribution in [1.29, 1.82) is 0 Å². The molecule has 5 heterocycles. The first-order valence-corrected chi connectivity index (χ1v) is 10.0.